The molecule has 2 aromatic rings. The summed E-state index contributed by atoms with van der Waals surface area (Å²) in [6, 6.07) is 0. The molecule has 0 amide bonds. The Hall–Kier alpha value is 0.460. The van der Waals surface area contributed by atoms with Crippen LogP contribution < -0.4 is 74.2 Å². The average molecular weight is 491 g/mol. The van der Waals surface area contributed by atoms with Gasteiger partial charge >= 0.3 is 59.1 Å². The van der Waals surface area contributed by atoms with Crippen LogP contribution in [0.15, 0.2) is 24.3 Å². The third-order valence-electron chi connectivity index (χ3n) is 4.32. The van der Waals surface area contributed by atoms with Crippen LogP contribution in [0.4, 0.5) is 5.82 Å². The van der Waals surface area contributed by atoms with Gasteiger partial charge in [0, 0.05) is 6.54 Å². The molecule has 0 saturated carbocycles. The van der Waals surface area contributed by atoms with Crippen LogP contribution in [0, 0.1) is 0 Å². The van der Waals surface area contributed by atoms with Crippen molar-refractivity contribution in [1.82, 2.24) is 19.5 Å². The van der Waals surface area contributed by atoms with Crippen molar-refractivity contribution in [2.75, 3.05) is 25.1 Å². The van der Waals surface area contributed by atoms with E-state index in [1.807, 2.05) is 0 Å². The maximum Gasteiger partial charge on any atom is 1.00 e. The summed E-state index contributed by atoms with van der Waals surface area (Å²) in [5, 5.41) is 32.4. The van der Waals surface area contributed by atoms with E-state index in [9.17, 15) is 25.1 Å². The fourth-order valence-corrected chi connectivity index (χ4v) is 3.36. The zero-order valence-corrected chi connectivity index (χ0v) is 23.0. The summed E-state index contributed by atoms with van der Waals surface area (Å²) >= 11 is 4.17. The van der Waals surface area contributed by atoms with E-state index in [1.54, 1.807) is 13.0 Å². The molecular formula is C15H20N5Na2O7PS. The van der Waals surface area contributed by atoms with E-state index < -0.39 is 37.9 Å². The second kappa shape index (κ2) is 12.8. The molecular weight excluding hydrogens is 471 g/mol. The first kappa shape index (κ1) is 29.5. The van der Waals surface area contributed by atoms with Gasteiger partial charge in [0.25, 0.3) is 0 Å². The number of aliphatic hydroxyl groups is 3. The first-order chi connectivity index (χ1) is 13.7. The summed E-state index contributed by atoms with van der Waals surface area (Å²) in [4.78, 5) is 34.3. The number of fused-ring (bicyclic) bond motifs is 1. The van der Waals surface area contributed by atoms with Crippen LogP contribution in [0.5, 0.6) is 0 Å². The van der Waals surface area contributed by atoms with Crippen molar-refractivity contribution < 1.29 is 93.5 Å². The molecule has 4 atom stereocenters. The van der Waals surface area contributed by atoms with E-state index in [0.717, 1.165) is 0 Å². The molecule has 16 heteroatoms. The second-order valence-electron chi connectivity index (χ2n) is 6.43. The van der Waals surface area contributed by atoms with Crippen LogP contribution in [-0.4, -0.2) is 72.9 Å². The fraction of sp³-hybridized carbons (Fsp3) is 0.533. The van der Waals surface area contributed by atoms with Gasteiger partial charge in [0.05, 0.1) is 19.5 Å². The molecule has 3 rings (SSSR count). The smallest absolute Gasteiger partial charge is 0.812 e. The number of hydrogen-bond acceptors (Lipinski definition) is 12. The number of aromatic nitrogens is 4. The van der Waals surface area contributed by atoms with Gasteiger partial charge in [-0.2, -0.15) is 0 Å². The Morgan fingerprint density at radius 3 is 2.65 bits per heavy atom. The average Bonchev–Trinajstić information content (AvgIpc) is 3.22. The van der Waals surface area contributed by atoms with Crippen molar-refractivity contribution in [3.8, 4) is 0 Å². The van der Waals surface area contributed by atoms with Gasteiger partial charge in [0.1, 0.15) is 24.6 Å². The third kappa shape index (κ3) is 7.47. The zero-order valence-electron chi connectivity index (χ0n) is 17.3. The molecule has 1 fully saturated rings. The molecule has 31 heavy (non-hydrogen) atoms. The molecule has 0 aliphatic carbocycles. The van der Waals surface area contributed by atoms with E-state index in [0.29, 0.717) is 29.1 Å². The van der Waals surface area contributed by atoms with E-state index in [4.69, 9.17) is 4.74 Å². The van der Waals surface area contributed by atoms with Crippen LogP contribution in [0.1, 0.15) is 13.2 Å². The summed E-state index contributed by atoms with van der Waals surface area (Å²) in [5.74, 6) is 0.406. The standard InChI is InChI=1S/C15H22N5O7PS.2Na/c1-8(5-26-28(24,25)29)2-3-16-13-10-14(18-6-17-13)20(7-19-10)15-12(23)11(22)9(4-21)27-15;;/h2,6-7,9,11-12,15,21-23H,3-5H2,1H3,(H,16,17,18)(H2,24,25,29);;/q;2*+1/p-2/b8-2+;;/t9-,11-,12-,15-;;/m1../s1. The number of aliphatic hydroxyl groups excluding tert-OH is 3. The van der Waals surface area contributed by atoms with Gasteiger partial charge in [-0.05, 0) is 12.5 Å². The van der Waals surface area contributed by atoms with Crippen LogP contribution in [-0.2, 0) is 21.1 Å². The summed E-state index contributed by atoms with van der Waals surface area (Å²) in [7, 11) is 0. The molecule has 1 saturated heterocycles. The van der Waals surface area contributed by atoms with Crippen molar-refractivity contribution in [2.45, 2.75) is 31.5 Å². The predicted octanol–water partition coefficient (Wildman–Crippen LogP) is -8.23. The Kier molecular flexibility index (Phi) is 12.2. The van der Waals surface area contributed by atoms with Crippen LogP contribution in [0.3, 0.4) is 0 Å². The van der Waals surface area contributed by atoms with Crippen molar-refractivity contribution >= 4 is 35.5 Å². The first-order valence-electron chi connectivity index (χ1n) is 8.57. The summed E-state index contributed by atoms with van der Waals surface area (Å²) < 4.78 is 11.5. The van der Waals surface area contributed by atoms with E-state index in [-0.39, 0.29) is 65.7 Å². The monoisotopic (exact) mass is 491 g/mol. The van der Waals surface area contributed by atoms with Gasteiger partial charge in [-0.15, -0.1) is 11.8 Å². The van der Waals surface area contributed by atoms with E-state index in [2.05, 4.69) is 36.6 Å². The summed E-state index contributed by atoms with van der Waals surface area (Å²) in [5.41, 5.74) is 1.42. The Balaban J connectivity index is 0.00000240. The Morgan fingerprint density at radius 1 is 1.32 bits per heavy atom. The third-order valence-corrected chi connectivity index (χ3v) is 5.08. The Morgan fingerprint density at radius 2 is 2.03 bits per heavy atom. The van der Waals surface area contributed by atoms with Gasteiger partial charge < -0.3 is 39.7 Å². The SMILES string of the molecule is C/C(=C\CNc1ncnc2c1ncn2[C@@H]1O[C@H](CO)[C@@H](O)[C@H]1O)COP([O-])([O-])=S.[Na+].[Na+]. The largest absolute Gasteiger partial charge is 1.00 e. The van der Waals surface area contributed by atoms with Gasteiger partial charge in [-0.3, -0.25) is 4.57 Å². The Labute approximate surface area is 227 Å². The molecule has 12 nitrogen and oxygen atoms in total. The van der Waals surface area contributed by atoms with Crippen molar-refractivity contribution in [3.05, 3.63) is 24.3 Å². The number of hydrogen-bond donors (Lipinski definition) is 4. The van der Waals surface area contributed by atoms with Crippen LogP contribution in [0.25, 0.3) is 11.2 Å². The normalized spacial score (nSPS) is 24.0. The summed E-state index contributed by atoms with van der Waals surface area (Å²) in [6.07, 6.45) is 0.0306. The number of anilines is 1. The van der Waals surface area contributed by atoms with Crippen LogP contribution in [0.2, 0.25) is 0 Å². The van der Waals surface area contributed by atoms with E-state index >= 15 is 0 Å². The molecule has 0 spiro atoms. The molecule has 160 valence electrons. The van der Waals surface area contributed by atoms with Crippen molar-refractivity contribution in [2.24, 2.45) is 0 Å². The number of imidazole rings is 1. The molecule has 0 radical (unpaired) electrons. The number of rotatable bonds is 8. The summed E-state index contributed by atoms with van der Waals surface area (Å²) in [6.45, 7) is -2.76. The van der Waals surface area contributed by atoms with Crippen molar-refractivity contribution in [3.63, 3.8) is 0 Å². The number of nitrogens with zero attached hydrogens (tertiary/aromatic N) is 4. The fourth-order valence-electron chi connectivity index (χ4n) is 2.84. The first-order valence-corrected chi connectivity index (χ1v) is 11.1. The molecule has 0 bridgehead atoms. The number of ether oxygens (including phenoxy) is 1. The maximum atomic E-state index is 10.9. The molecule has 2 aromatic heterocycles. The quantitative estimate of drug-likeness (QED) is 0.156. The zero-order chi connectivity index (χ0) is 21.2. The maximum absolute atomic E-state index is 10.9. The molecule has 0 unspecified atom stereocenters. The van der Waals surface area contributed by atoms with Gasteiger partial charge in [-0.1, -0.05) is 12.8 Å². The molecule has 0 aromatic carbocycles. The molecule has 1 aliphatic rings. The predicted molar refractivity (Wildman–Crippen MR) is 101 cm³/mol. The minimum absolute atomic E-state index is 0. The van der Waals surface area contributed by atoms with Gasteiger partial charge in [-0.25, -0.2) is 15.0 Å². The number of nitrogens with one attached hydrogen (secondary N) is 1. The van der Waals surface area contributed by atoms with Crippen LogP contribution >= 0.6 is 6.72 Å². The molecule has 3 heterocycles. The Bertz CT molecular complexity index is 946. The van der Waals surface area contributed by atoms with Crippen molar-refractivity contribution in [1.29, 1.82) is 0 Å². The molecule has 1 aliphatic heterocycles. The second-order valence-corrected chi connectivity index (χ2v) is 8.92. The minimum Gasteiger partial charge on any atom is -0.812 e. The topological polar surface area (TPSA) is 181 Å². The van der Waals surface area contributed by atoms with Gasteiger partial charge in [0.2, 0.25) is 0 Å². The van der Waals surface area contributed by atoms with Gasteiger partial charge in [0.15, 0.2) is 23.2 Å². The molecule has 4 N–H and O–H groups in total. The minimum atomic E-state index is -4.19. The van der Waals surface area contributed by atoms with E-state index in [1.165, 1.54) is 17.2 Å².